The lowest BCUT2D eigenvalue weighted by Crippen LogP contribution is -1.91. The van der Waals surface area contributed by atoms with Gasteiger partial charge in [-0.15, -0.1) is 0 Å². The SMILES string of the molecule is O=[N+]([O-])c1ccc(N/N=C/c2ccsc2)cc1. The van der Waals surface area contributed by atoms with Gasteiger partial charge in [0.25, 0.3) is 5.69 Å². The molecule has 0 radical (unpaired) electrons. The van der Waals surface area contributed by atoms with Crippen LogP contribution in [0.15, 0.2) is 46.2 Å². The Morgan fingerprint density at radius 3 is 2.65 bits per heavy atom. The quantitative estimate of drug-likeness (QED) is 0.512. The smallest absolute Gasteiger partial charge is 0.269 e. The third-order valence-corrected chi connectivity index (χ3v) is 2.73. The van der Waals surface area contributed by atoms with Crippen molar-refractivity contribution in [2.75, 3.05) is 5.43 Å². The number of non-ortho nitro benzene ring substituents is 1. The van der Waals surface area contributed by atoms with Gasteiger partial charge in [-0.2, -0.15) is 16.4 Å². The molecule has 0 amide bonds. The van der Waals surface area contributed by atoms with E-state index in [1.165, 1.54) is 12.1 Å². The van der Waals surface area contributed by atoms with Crippen LogP contribution in [0.3, 0.4) is 0 Å². The maximum Gasteiger partial charge on any atom is 0.269 e. The van der Waals surface area contributed by atoms with Gasteiger partial charge in [-0.05, 0) is 29.0 Å². The lowest BCUT2D eigenvalue weighted by Gasteiger charge is -1.98. The number of anilines is 1. The van der Waals surface area contributed by atoms with Crippen LogP contribution in [0.4, 0.5) is 11.4 Å². The standard InChI is InChI=1S/C11H9N3O2S/c15-14(16)11-3-1-10(2-4-11)13-12-7-9-5-6-17-8-9/h1-8,13H/b12-7+. The van der Waals surface area contributed by atoms with Crippen molar-refractivity contribution in [3.05, 3.63) is 56.8 Å². The summed E-state index contributed by atoms with van der Waals surface area (Å²) in [6.07, 6.45) is 1.69. The fourth-order valence-electron chi connectivity index (χ4n) is 1.19. The van der Waals surface area contributed by atoms with Gasteiger partial charge in [0.1, 0.15) is 0 Å². The van der Waals surface area contributed by atoms with Crippen molar-refractivity contribution >= 4 is 28.9 Å². The Morgan fingerprint density at radius 2 is 2.06 bits per heavy atom. The van der Waals surface area contributed by atoms with Crippen molar-refractivity contribution in [3.8, 4) is 0 Å². The second-order valence-corrected chi connectivity index (χ2v) is 4.01. The summed E-state index contributed by atoms with van der Waals surface area (Å²) in [5.74, 6) is 0. The number of nitrogens with one attached hydrogen (secondary N) is 1. The zero-order chi connectivity index (χ0) is 12.1. The summed E-state index contributed by atoms with van der Waals surface area (Å²) < 4.78 is 0. The first-order valence-electron chi connectivity index (χ1n) is 4.81. The third kappa shape index (κ3) is 3.12. The second kappa shape index (κ2) is 5.22. The molecule has 0 bridgehead atoms. The Bertz CT molecular complexity index is 520. The molecule has 1 aromatic carbocycles. The third-order valence-electron chi connectivity index (χ3n) is 2.03. The van der Waals surface area contributed by atoms with E-state index in [1.807, 2.05) is 16.8 Å². The average Bonchev–Trinajstić information content (AvgIpc) is 2.83. The monoisotopic (exact) mass is 247 g/mol. The highest BCUT2D eigenvalue weighted by Crippen LogP contribution is 2.15. The number of thiophene rings is 1. The van der Waals surface area contributed by atoms with Crippen LogP contribution >= 0.6 is 11.3 Å². The molecule has 0 atom stereocenters. The topological polar surface area (TPSA) is 67.5 Å². The Kier molecular flexibility index (Phi) is 3.46. The lowest BCUT2D eigenvalue weighted by molar-refractivity contribution is -0.384. The van der Waals surface area contributed by atoms with E-state index in [0.29, 0.717) is 5.69 Å². The maximum absolute atomic E-state index is 10.4. The van der Waals surface area contributed by atoms with Gasteiger partial charge in [0, 0.05) is 17.7 Å². The highest BCUT2D eigenvalue weighted by atomic mass is 32.1. The van der Waals surface area contributed by atoms with Crippen molar-refractivity contribution in [2.45, 2.75) is 0 Å². The van der Waals surface area contributed by atoms with E-state index in [4.69, 9.17) is 0 Å². The Balaban J connectivity index is 1.97. The molecule has 2 rings (SSSR count). The zero-order valence-corrected chi connectivity index (χ0v) is 9.55. The van der Waals surface area contributed by atoms with Gasteiger partial charge < -0.3 is 0 Å². The van der Waals surface area contributed by atoms with Crippen LogP contribution in [0.1, 0.15) is 5.56 Å². The summed E-state index contributed by atoms with van der Waals surface area (Å²) in [7, 11) is 0. The largest absolute Gasteiger partial charge is 0.278 e. The second-order valence-electron chi connectivity index (χ2n) is 3.23. The molecule has 0 aliphatic heterocycles. The van der Waals surface area contributed by atoms with Gasteiger partial charge in [0.2, 0.25) is 0 Å². The number of nitro groups is 1. The number of benzene rings is 1. The van der Waals surface area contributed by atoms with E-state index in [0.717, 1.165) is 5.56 Å². The van der Waals surface area contributed by atoms with Crippen LogP contribution in [0.25, 0.3) is 0 Å². The van der Waals surface area contributed by atoms with E-state index >= 15 is 0 Å². The number of hydrazone groups is 1. The molecule has 2 aromatic rings. The summed E-state index contributed by atoms with van der Waals surface area (Å²) in [4.78, 5) is 10.0. The highest BCUT2D eigenvalue weighted by molar-refractivity contribution is 7.08. The molecule has 0 fully saturated rings. The van der Waals surface area contributed by atoms with Gasteiger partial charge in [-0.1, -0.05) is 0 Å². The van der Waals surface area contributed by atoms with E-state index in [-0.39, 0.29) is 5.69 Å². The number of hydrogen-bond acceptors (Lipinski definition) is 5. The van der Waals surface area contributed by atoms with Crippen LogP contribution in [0.2, 0.25) is 0 Å². The molecular weight excluding hydrogens is 238 g/mol. The molecule has 6 heteroatoms. The first-order chi connectivity index (χ1) is 8.25. The van der Waals surface area contributed by atoms with Crippen LogP contribution in [0, 0.1) is 10.1 Å². The fourth-order valence-corrected chi connectivity index (χ4v) is 1.80. The van der Waals surface area contributed by atoms with Gasteiger partial charge in [-0.25, -0.2) is 0 Å². The molecule has 17 heavy (non-hydrogen) atoms. The predicted molar refractivity (Wildman–Crippen MR) is 68.6 cm³/mol. The average molecular weight is 247 g/mol. The molecule has 1 aromatic heterocycles. The minimum absolute atomic E-state index is 0.0670. The van der Waals surface area contributed by atoms with E-state index < -0.39 is 4.92 Å². The van der Waals surface area contributed by atoms with Crippen molar-refractivity contribution in [2.24, 2.45) is 5.10 Å². The normalized spacial score (nSPS) is 10.6. The summed E-state index contributed by atoms with van der Waals surface area (Å²) in [5, 5.41) is 18.4. The first kappa shape index (κ1) is 11.3. The van der Waals surface area contributed by atoms with Crippen molar-refractivity contribution in [3.63, 3.8) is 0 Å². The molecule has 5 nitrogen and oxygen atoms in total. The highest BCUT2D eigenvalue weighted by Gasteiger charge is 2.02. The van der Waals surface area contributed by atoms with Crippen LogP contribution in [0.5, 0.6) is 0 Å². The number of nitro benzene ring substituents is 1. The number of rotatable bonds is 4. The molecule has 0 spiro atoms. The van der Waals surface area contributed by atoms with Gasteiger partial charge >= 0.3 is 0 Å². The summed E-state index contributed by atoms with van der Waals surface area (Å²) in [6, 6.07) is 8.04. The molecule has 1 N–H and O–H groups in total. The lowest BCUT2D eigenvalue weighted by atomic mass is 10.3. The summed E-state index contributed by atoms with van der Waals surface area (Å²) in [5.41, 5.74) is 4.60. The predicted octanol–water partition coefficient (Wildman–Crippen LogP) is 3.10. The van der Waals surface area contributed by atoms with Crippen LogP contribution in [-0.4, -0.2) is 11.1 Å². The van der Waals surface area contributed by atoms with Crippen molar-refractivity contribution < 1.29 is 4.92 Å². The molecule has 0 unspecified atom stereocenters. The molecular formula is C11H9N3O2S. The molecule has 0 saturated carbocycles. The Labute approximate surface area is 102 Å². The van der Waals surface area contributed by atoms with Crippen LogP contribution in [-0.2, 0) is 0 Å². The molecule has 0 saturated heterocycles. The van der Waals surface area contributed by atoms with Crippen LogP contribution < -0.4 is 5.43 Å². The van der Waals surface area contributed by atoms with E-state index in [9.17, 15) is 10.1 Å². The molecule has 1 heterocycles. The number of nitrogens with zero attached hydrogens (tertiary/aromatic N) is 2. The Morgan fingerprint density at radius 1 is 1.29 bits per heavy atom. The number of hydrogen-bond donors (Lipinski definition) is 1. The van der Waals surface area contributed by atoms with Crippen molar-refractivity contribution in [1.82, 2.24) is 0 Å². The maximum atomic E-state index is 10.4. The van der Waals surface area contributed by atoms with Gasteiger partial charge in [-0.3, -0.25) is 15.5 Å². The fraction of sp³-hybridized carbons (Fsp3) is 0. The molecule has 0 aliphatic rings. The van der Waals surface area contributed by atoms with E-state index in [1.54, 1.807) is 29.7 Å². The summed E-state index contributed by atoms with van der Waals surface area (Å²) >= 11 is 1.60. The molecule has 0 aliphatic carbocycles. The minimum Gasteiger partial charge on any atom is -0.278 e. The van der Waals surface area contributed by atoms with Gasteiger partial charge in [0.15, 0.2) is 0 Å². The summed E-state index contributed by atoms with van der Waals surface area (Å²) in [6.45, 7) is 0. The minimum atomic E-state index is -0.432. The Hall–Kier alpha value is -2.21. The zero-order valence-electron chi connectivity index (χ0n) is 8.74. The first-order valence-corrected chi connectivity index (χ1v) is 5.76. The van der Waals surface area contributed by atoms with Crippen molar-refractivity contribution in [1.29, 1.82) is 0 Å². The molecule has 86 valence electrons. The van der Waals surface area contributed by atoms with E-state index in [2.05, 4.69) is 10.5 Å². The van der Waals surface area contributed by atoms with Gasteiger partial charge in [0.05, 0.1) is 16.8 Å².